The van der Waals surface area contributed by atoms with Crippen molar-refractivity contribution in [3.8, 4) is 5.75 Å². The Morgan fingerprint density at radius 1 is 1.38 bits per heavy atom. The monoisotopic (exact) mass is 222 g/mol. The molecule has 0 radical (unpaired) electrons. The van der Waals surface area contributed by atoms with Gasteiger partial charge in [0.15, 0.2) is 0 Å². The van der Waals surface area contributed by atoms with Crippen LogP contribution in [-0.2, 0) is 4.74 Å². The third kappa shape index (κ3) is 2.75. The van der Waals surface area contributed by atoms with Crippen molar-refractivity contribution >= 4 is 5.97 Å². The van der Waals surface area contributed by atoms with Gasteiger partial charge in [-0.3, -0.25) is 0 Å². The molecule has 1 aromatic carbocycles. The Morgan fingerprint density at radius 2 is 2.06 bits per heavy atom. The molecule has 0 bridgehead atoms. The first-order valence-electron chi connectivity index (χ1n) is 5.45. The second kappa shape index (κ2) is 5.54. The van der Waals surface area contributed by atoms with Crippen LogP contribution in [0, 0.1) is 0 Å². The zero-order valence-electron chi connectivity index (χ0n) is 10.2. The lowest BCUT2D eigenvalue weighted by molar-refractivity contribution is 0.0524. The maximum Gasteiger partial charge on any atom is 0.338 e. The Balaban J connectivity index is 3.14. The molecule has 0 aliphatic carbocycles. The Kier molecular flexibility index (Phi) is 4.35. The van der Waals surface area contributed by atoms with Gasteiger partial charge in [0.05, 0.1) is 19.3 Å². The number of ether oxygens (including phenoxy) is 2. The van der Waals surface area contributed by atoms with Gasteiger partial charge >= 0.3 is 5.97 Å². The standard InChI is InChI=1S/C13H18O3/c1-5-16-13(14)12-8-10(15-4)6-7-11(12)9(2)3/h6-9H,5H2,1-4H3. The molecule has 0 fully saturated rings. The van der Waals surface area contributed by atoms with Gasteiger partial charge in [-0.05, 0) is 30.5 Å². The largest absolute Gasteiger partial charge is 0.497 e. The fraction of sp³-hybridized carbons (Fsp3) is 0.462. The molecule has 3 heteroatoms. The first-order valence-corrected chi connectivity index (χ1v) is 5.45. The molecule has 0 N–H and O–H groups in total. The molecule has 0 aromatic heterocycles. The Labute approximate surface area is 96.4 Å². The number of methoxy groups -OCH3 is 1. The number of benzene rings is 1. The molecule has 1 rings (SSSR count). The quantitative estimate of drug-likeness (QED) is 0.735. The summed E-state index contributed by atoms with van der Waals surface area (Å²) >= 11 is 0. The minimum absolute atomic E-state index is 0.283. The van der Waals surface area contributed by atoms with Crippen LogP contribution in [0.15, 0.2) is 18.2 Å². The van der Waals surface area contributed by atoms with Crippen LogP contribution in [0.5, 0.6) is 5.75 Å². The van der Waals surface area contributed by atoms with Crippen molar-refractivity contribution < 1.29 is 14.3 Å². The van der Waals surface area contributed by atoms with E-state index in [0.717, 1.165) is 5.56 Å². The highest BCUT2D eigenvalue weighted by Crippen LogP contribution is 2.24. The van der Waals surface area contributed by atoms with Gasteiger partial charge in [-0.2, -0.15) is 0 Å². The highest BCUT2D eigenvalue weighted by atomic mass is 16.5. The fourth-order valence-corrected chi connectivity index (χ4v) is 1.55. The number of esters is 1. The molecule has 0 saturated carbocycles. The lowest BCUT2D eigenvalue weighted by atomic mass is 9.97. The van der Waals surface area contributed by atoms with E-state index in [0.29, 0.717) is 17.9 Å². The van der Waals surface area contributed by atoms with Crippen LogP contribution in [0.1, 0.15) is 42.6 Å². The Bertz CT molecular complexity index is 369. The lowest BCUT2D eigenvalue weighted by Crippen LogP contribution is -2.09. The van der Waals surface area contributed by atoms with Gasteiger partial charge < -0.3 is 9.47 Å². The van der Waals surface area contributed by atoms with Gasteiger partial charge in [-0.1, -0.05) is 19.9 Å². The van der Waals surface area contributed by atoms with E-state index in [-0.39, 0.29) is 11.9 Å². The van der Waals surface area contributed by atoms with Crippen molar-refractivity contribution in [3.05, 3.63) is 29.3 Å². The van der Waals surface area contributed by atoms with Crippen LogP contribution >= 0.6 is 0 Å². The van der Waals surface area contributed by atoms with E-state index in [4.69, 9.17) is 9.47 Å². The first-order chi connectivity index (χ1) is 7.60. The van der Waals surface area contributed by atoms with E-state index >= 15 is 0 Å². The van der Waals surface area contributed by atoms with Crippen molar-refractivity contribution in [1.82, 2.24) is 0 Å². The van der Waals surface area contributed by atoms with Crippen molar-refractivity contribution in [3.63, 3.8) is 0 Å². The molecule has 0 heterocycles. The van der Waals surface area contributed by atoms with Gasteiger partial charge in [-0.25, -0.2) is 4.79 Å². The third-order valence-corrected chi connectivity index (χ3v) is 2.38. The highest BCUT2D eigenvalue weighted by Gasteiger charge is 2.15. The van der Waals surface area contributed by atoms with Crippen LogP contribution in [0.2, 0.25) is 0 Å². The van der Waals surface area contributed by atoms with E-state index in [1.807, 2.05) is 26.0 Å². The minimum atomic E-state index is -0.287. The summed E-state index contributed by atoms with van der Waals surface area (Å²) in [6.07, 6.45) is 0. The van der Waals surface area contributed by atoms with E-state index in [1.165, 1.54) is 0 Å². The van der Waals surface area contributed by atoms with Gasteiger partial charge in [0.1, 0.15) is 5.75 Å². The summed E-state index contributed by atoms with van der Waals surface area (Å²) in [4.78, 5) is 11.8. The summed E-state index contributed by atoms with van der Waals surface area (Å²) in [6.45, 7) is 6.27. The molecule has 0 unspecified atom stereocenters. The molecule has 16 heavy (non-hydrogen) atoms. The molecule has 3 nitrogen and oxygen atoms in total. The lowest BCUT2D eigenvalue weighted by Gasteiger charge is -2.13. The predicted octanol–water partition coefficient (Wildman–Crippen LogP) is 3.00. The minimum Gasteiger partial charge on any atom is -0.497 e. The van der Waals surface area contributed by atoms with Gasteiger partial charge in [0.2, 0.25) is 0 Å². The van der Waals surface area contributed by atoms with E-state index in [2.05, 4.69) is 0 Å². The average molecular weight is 222 g/mol. The zero-order chi connectivity index (χ0) is 12.1. The molecular weight excluding hydrogens is 204 g/mol. The van der Waals surface area contributed by atoms with Crippen LogP contribution in [0.3, 0.4) is 0 Å². The second-order valence-electron chi connectivity index (χ2n) is 3.83. The summed E-state index contributed by atoms with van der Waals surface area (Å²) in [7, 11) is 1.58. The SMILES string of the molecule is CCOC(=O)c1cc(OC)ccc1C(C)C. The number of carbonyl (C=O) groups is 1. The van der Waals surface area contributed by atoms with E-state index in [1.54, 1.807) is 20.1 Å². The number of hydrogen-bond acceptors (Lipinski definition) is 3. The highest BCUT2D eigenvalue weighted by molar-refractivity contribution is 5.91. The molecule has 0 aliphatic heterocycles. The molecule has 0 amide bonds. The van der Waals surface area contributed by atoms with Crippen molar-refractivity contribution in [2.75, 3.05) is 13.7 Å². The van der Waals surface area contributed by atoms with Crippen molar-refractivity contribution in [2.45, 2.75) is 26.7 Å². The molecule has 0 spiro atoms. The summed E-state index contributed by atoms with van der Waals surface area (Å²) < 4.78 is 10.1. The normalized spacial score (nSPS) is 10.3. The molecule has 1 aromatic rings. The molecule has 0 aliphatic rings. The molecule has 88 valence electrons. The maximum absolute atomic E-state index is 11.8. The van der Waals surface area contributed by atoms with Gasteiger partial charge in [0.25, 0.3) is 0 Å². The Hall–Kier alpha value is -1.51. The number of rotatable bonds is 4. The van der Waals surface area contributed by atoms with Gasteiger partial charge in [-0.15, -0.1) is 0 Å². The summed E-state index contributed by atoms with van der Waals surface area (Å²) in [5.41, 5.74) is 1.58. The summed E-state index contributed by atoms with van der Waals surface area (Å²) in [5, 5.41) is 0. The predicted molar refractivity (Wildman–Crippen MR) is 63.0 cm³/mol. The smallest absolute Gasteiger partial charge is 0.338 e. The van der Waals surface area contributed by atoms with Gasteiger partial charge in [0, 0.05) is 0 Å². The van der Waals surface area contributed by atoms with E-state index in [9.17, 15) is 4.79 Å². The van der Waals surface area contributed by atoms with E-state index < -0.39 is 0 Å². The number of hydrogen-bond donors (Lipinski definition) is 0. The third-order valence-electron chi connectivity index (χ3n) is 2.38. The van der Waals surface area contributed by atoms with Crippen LogP contribution in [0.25, 0.3) is 0 Å². The summed E-state index contributed by atoms with van der Waals surface area (Å²) in [6, 6.07) is 5.50. The molecule has 0 saturated heterocycles. The molecular formula is C13H18O3. The second-order valence-corrected chi connectivity index (χ2v) is 3.83. The number of carbonyl (C=O) groups excluding carboxylic acids is 1. The maximum atomic E-state index is 11.8. The first kappa shape index (κ1) is 12.6. The van der Waals surface area contributed by atoms with Crippen LogP contribution in [0.4, 0.5) is 0 Å². The summed E-state index contributed by atoms with van der Waals surface area (Å²) in [5.74, 6) is 0.669. The average Bonchev–Trinajstić information content (AvgIpc) is 2.28. The van der Waals surface area contributed by atoms with Crippen molar-refractivity contribution in [2.24, 2.45) is 0 Å². The topological polar surface area (TPSA) is 35.5 Å². The Morgan fingerprint density at radius 3 is 2.56 bits per heavy atom. The molecule has 0 atom stereocenters. The zero-order valence-corrected chi connectivity index (χ0v) is 10.2. The van der Waals surface area contributed by atoms with Crippen LogP contribution in [-0.4, -0.2) is 19.7 Å². The fourth-order valence-electron chi connectivity index (χ4n) is 1.55. The van der Waals surface area contributed by atoms with Crippen LogP contribution < -0.4 is 4.74 Å². The van der Waals surface area contributed by atoms with Crippen molar-refractivity contribution in [1.29, 1.82) is 0 Å².